The number of rotatable bonds is 3. The number of carbonyl (C=O) groups is 1. The van der Waals surface area contributed by atoms with Crippen LogP contribution in [-0.4, -0.2) is 16.1 Å². The summed E-state index contributed by atoms with van der Waals surface area (Å²) < 4.78 is 7.45. The number of carbonyl (C=O) groups excluding carboxylic acids is 1. The highest BCUT2D eigenvalue weighted by Gasteiger charge is 2.14. The van der Waals surface area contributed by atoms with Crippen molar-refractivity contribution in [3.05, 3.63) is 42.1 Å². The lowest BCUT2D eigenvalue weighted by Crippen LogP contribution is -1.93. The van der Waals surface area contributed by atoms with Gasteiger partial charge < -0.3 is 4.42 Å². The van der Waals surface area contributed by atoms with Crippen LogP contribution in [0.1, 0.15) is 17.3 Å². The Morgan fingerprint density at radius 3 is 2.94 bits per heavy atom. The summed E-state index contributed by atoms with van der Waals surface area (Å²) >= 11 is 0. The highest BCUT2D eigenvalue weighted by atomic mass is 16.3. The number of hydrogen-bond acceptors (Lipinski definition) is 3. The second-order valence-corrected chi connectivity index (χ2v) is 4.06. The van der Waals surface area contributed by atoms with Crippen LogP contribution in [0.4, 0.5) is 0 Å². The molecule has 4 heteroatoms. The van der Waals surface area contributed by atoms with Crippen LogP contribution >= 0.6 is 0 Å². The summed E-state index contributed by atoms with van der Waals surface area (Å²) in [6.07, 6.45) is 2.54. The van der Waals surface area contributed by atoms with Crippen molar-refractivity contribution in [3.63, 3.8) is 0 Å². The Morgan fingerprint density at radius 2 is 2.22 bits per heavy atom. The Balaban J connectivity index is 2.18. The molecule has 0 atom stereocenters. The van der Waals surface area contributed by atoms with Crippen molar-refractivity contribution in [1.29, 1.82) is 0 Å². The van der Waals surface area contributed by atoms with Crippen molar-refractivity contribution in [2.75, 3.05) is 0 Å². The van der Waals surface area contributed by atoms with Gasteiger partial charge >= 0.3 is 0 Å². The quantitative estimate of drug-likeness (QED) is 0.661. The summed E-state index contributed by atoms with van der Waals surface area (Å²) in [5.74, 6) is 0.630. The van der Waals surface area contributed by atoms with Crippen LogP contribution < -0.4 is 0 Å². The molecule has 0 unspecified atom stereocenters. The van der Waals surface area contributed by atoms with Gasteiger partial charge in [-0.25, -0.2) is 0 Å². The number of aryl methyl sites for hydroxylation is 1. The van der Waals surface area contributed by atoms with Crippen LogP contribution in [0.3, 0.4) is 0 Å². The molecule has 3 rings (SSSR count). The molecule has 0 saturated carbocycles. The molecule has 0 aliphatic heterocycles. The fourth-order valence-corrected chi connectivity index (χ4v) is 1.98. The van der Waals surface area contributed by atoms with Gasteiger partial charge in [-0.3, -0.25) is 9.48 Å². The lowest BCUT2D eigenvalue weighted by molar-refractivity contribution is 0.112. The fraction of sp³-hybridized carbons (Fsp3) is 0.143. The third-order valence-corrected chi connectivity index (χ3v) is 2.90. The molecule has 90 valence electrons. The first-order valence-corrected chi connectivity index (χ1v) is 5.83. The predicted molar refractivity (Wildman–Crippen MR) is 68.5 cm³/mol. The van der Waals surface area contributed by atoms with E-state index in [2.05, 4.69) is 5.10 Å². The van der Waals surface area contributed by atoms with Crippen molar-refractivity contribution in [2.24, 2.45) is 0 Å². The molecule has 18 heavy (non-hydrogen) atoms. The molecule has 0 saturated heterocycles. The molecule has 0 aliphatic carbocycles. The van der Waals surface area contributed by atoms with Gasteiger partial charge in [-0.05, 0) is 19.1 Å². The van der Waals surface area contributed by atoms with E-state index in [4.69, 9.17) is 4.42 Å². The number of nitrogens with zero attached hydrogens (tertiary/aromatic N) is 2. The van der Waals surface area contributed by atoms with Gasteiger partial charge in [-0.15, -0.1) is 0 Å². The van der Waals surface area contributed by atoms with Gasteiger partial charge in [0.15, 0.2) is 12.0 Å². The van der Waals surface area contributed by atoms with Crippen LogP contribution in [0.5, 0.6) is 0 Å². The minimum Gasteiger partial charge on any atom is -0.454 e. The minimum atomic E-state index is 0.552. The van der Waals surface area contributed by atoms with E-state index < -0.39 is 0 Å². The van der Waals surface area contributed by atoms with E-state index in [9.17, 15) is 4.79 Å². The zero-order valence-electron chi connectivity index (χ0n) is 9.96. The molecule has 3 aromatic rings. The summed E-state index contributed by atoms with van der Waals surface area (Å²) in [7, 11) is 0. The highest BCUT2D eigenvalue weighted by molar-refractivity contribution is 5.88. The van der Waals surface area contributed by atoms with Gasteiger partial charge in [0.05, 0.1) is 5.56 Å². The number of para-hydroxylation sites is 1. The second-order valence-electron chi connectivity index (χ2n) is 4.06. The molecule has 1 aromatic carbocycles. The Hall–Kier alpha value is -2.36. The van der Waals surface area contributed by atoms with Crippen LogP contribution in [0, 0.1) is 0 Å². The summed E-state index contributed by atoms with van der Waals surface area (Å²) in [6, 6.07) is 9.65. The van der Waals surface area contributed by atoms with E-state index in [0.717, 1.165) is 23.8 Å². The largest absolute Gasteiger partial charge is 0.454 e. The van der Waals surface area contributed by atoms with Gasteiger partial charge in [0, 0.05) is 18.1 Å². The molecular formula is C14H12N2O2. The van der Waals surface area contributed by atoms with Crippen molar-refractivity contribution in [2.45, 2.75) is 13.5 Å². The van der Waals surface area contributed by atoms with Gasteiger partial charge in [0.2, 0.25) is 0 Å². The third kappa shape index (κ3) is 1.62. The van der Waals surface area contributed by atoms with E-state index >= 15 is 0 Å². The van der Waals surface area contributed by atoms with Crippen molar-refractivity contribution in [1.82, 2.24) is 9.78 Å². The standard InChI is InChI=1S/C14H12N2O2/c1-2-16-8-11(9-17)14(15-16)13-7-10-5-3-4-6-12(10)18-13/h3-9H,2H2,1H3. The third-order valence-electron chi connectivity index (χ3n) is 2.90. The fourth-order valence-electron chi connectivity index (χ4n) is 1.98. The summed E-state index contributed by atoms with van der Waals surface area (Å²) in [6.45, 7) is 2.70. The molecule has 0 spiro atoms. The number of hydrogen-bond donors (Lipinski definition) is 0. The molecule has 0 N–H and O–H groups in total. The lowest BCUT2D eigenvalue weighted by Gasteiger charge is -1.92. The number of fused-ring (bicyclic) bond motifs is 1. The molecule has 0 fully saturated rings. The topological polar surface area (TPSA) is 48.0 Å². The molecule has 4 nitrogen and oxygen atoms in total. The summed E-state index contributed by atoms with van der Waals surface area (Å²) in [5, 5.41) is 5.37. The predicted octanol–water partition coefficient (Wildman–Crippen LogP) is 3.13. The van der Waals surface area contributed by atoms with E-state index in [-0.39, 0.29) is 0 Å². The maximum atomic E-state index is 11.1. The van der Waals surface area contributed by atoms with E-state index in [0.29, 0.717) is 17.0 Å². The first-order chi connectivity index (χ1) is 8.81. The van der Waals surface area contributed by atoms with Crippen molar-refractivity contribution in [3.8, 4) is 11.5 Å². The first-order valence-electron chi connectivity index (χ1n) is 5.83. The zero-order valence-corrected chi connectivity index (χ0v) is 9.96. The molecule has 0 bridgehead atoms. The van der Waals surface area contributed by atoms with Crippen LogP contribution in [0.2, 0.25) is 0 Å². The molecule has 2 heterocycles. The molecule has 2 aromatic heterocycles. The maximum Gasteiger partial charge on any atom is 0.156 e. The van der Waals surface area contributed by atoms with Crippen molar-refractivity contribution < 1.29 is 9.21 Å². The average Bonchev–Trinajstić information content (AvgIpc) is 3.01. The molecule has 0 amide bonds. The van der Waals surface area contributed by atoms with E-state index in [1.165, 1.54) is 0 Å². The van der Waals surface area contributed by atoms with Crippen LogP contribution in [0.15, 0.2) is 40.9 Å². The first kappa shape index (κ1) is 10.8. The monoisotopic (exact) mass is 240 g/mol. The van der Waals surface area contributed by atoms with Gasteiger partial charge in [-0.2, -0.15) is 5.10 Å². The van der Waals surface area contributed by atoms with Gasteiger partial charge in [0.1, 0.15) is 11.3 Å². The Labute approximate surface area is 104 Å². The number of furan rings is 1. The van der Waals surface area contributed by atoms with E-state index in [1.807, 2.05) is 37.3 Å². The van der Waals surface area contributed by atoms with Crippen molar-refractivity contribution >= 4 is 17.3 Å². The normalized spacial score (nSPS) is 10.9. The van der Waals surface area contributed by atoms with Gasteiger partial charge in [-0.1, -0.05) is 18.2 Å². The molecule has 0 aliphatic rings. The minimum absolute atomic E-state index is 0.552. The number of benzene rings is 1. The van der Waals surface area contributed by atoms with Crippen LogP contribution in [-0.2, 0) is 6.54 Å². The lowest BCUT2D eigenvalue weighted by atomic mass is 10.2. The summed E-state index contributed by atoms with van der Waals surface area (Å²) in [5.41, 5.74) is 1.95. The van der Waals surface area contributed by atoms with Gasteiger partial charge in [0.25, 0.3) is 0 Å². The zero-order chi connectivity index (χ0) is 12.5. The molecular weight excluding hydrogens is 228 g/mol. The second kappa shape index (κ2) is 4.14. The SMILES string of the molecule is CCn1cc(C=O)c(-c2cc3ccccc3o2)n1. The Morgan fingerprint density at radius 1 is 1.39 bits per heavy atom. The van der Waals surface area contributed by atoms with Crippen LogP contribution in [0.25, 0.3) is 22.4 Å². The number of aromatic nitrogens is 2. The molecule has 0 radical (unpaired) electrons. The van der Waals surface area contributed by atoms with E-state index in [1.54, 1.807) is 10.9 Å². The Bertz CT molecular complexity index is 676. The smallest absolute Gasteiger partial charge is 0.156 e. The maximum absolute atomic E-state index is 11.1. The average molecular weight is 240 g/mol. The number of aldehydes is 1. The Kier molecular flexibility index (Phi) is 2.48. The summed E-state index contributed by atoms with van der Waals surface area (Å²) in [4.78, 5) is 11.1. The highest BCUT2D eigenvalue weighted by Crippen LogP contribution is 2.28.